The lowest BCUT2D eigenvalue weighted by atomic mass is 9.65. The van der Waals surface area contributed by atoms with Gasteiger partial charge in [0.2, 0.25) is 0 Å². The first-order valence-electron chi connectivity index (χ1n) is 7.39. The average Bonchev–Trinajstić information content (AvgIpc) is 2.78. The molecule has 3 fully saturated rings. The van der Waals surface area contributed by atoms with E-state index < -0.39 is 0 Å². The maximum Gasteiger partial charge on any atom is 0.0742 e. The molecule has 0 aromatic carbocycles. The van der Waals surface area contributed by atoms with Crippen molar-refractivity contribution in [2.45, 2.75) is 71.4 Å². The van der Waals surface area contributed by atoms with Gasteiger partial charge in [-0.15, -0.1) is 0 Å². The minimum Gasteiger partial charge on any atom is -0.411 e. The van der Waals surface area contributed by atoms with Gasteiger partial charge in [-0.2, -0.15) is 0 Å². The second-order valence-electron chi connectivity index (χ2n) is 7.89. The van der Waals surface area contributed by atoms with Crippen molar-refractivity contribution in [3.05, 3.63) is 0 Å². The fourth-order valence-corrected chi connectivity index (χ4v) is 5.15. The molecule has 3 heteroatoms. The van der Waals surface area contributed by atoms with Crippen LogP contribution in [0, 0.1) is 10.8 Å². The van der Waals surface area contributed by atoms with E-state index in [1.807, 2.05) is 0 Å². The highest BCUT2D eigenvalue weighted by Gasteiger charge is 2.52. The Morgan fingerprint density at radius 1 is 1.28 bits per heavy atom. The number of oxime groups is 1. The second kappa shape index (κ2) is 3.96. The molecule has 0 radical (unpaired) electrons. The van der Waals surface area contributed by atoms with Crippen molar-refractivity contribution in [2.24, 2.45) is 16.0 Å². The first-order valence-corrected chi connectivity index (χ1v) is 7.39. The zero-order valence-electron chi connectivity index (χ0n) is 11.9. The monoisotopic (exact) mass is 250 g/mol. The summed E-state index contributed by atoms with van der Waals surface area (Å²) in [6.45, 7) is 8.48. The van der Waals surface area contributed by atoms with Crippen LogP contribution < -0.4 is 0 Å². The van der Waals surface area contributed by atoms with Crippen LogP contribution in [0.4, 0.5) is 0 Å². The van der Waals surface area contributed by atoms with Crippen LogP contribution in [-0.2, 0) is 0 Å². The van der Waals surface area contributed by atoms with E-state index in [0.29, 0.717) is 22.9 Å². The van der Waals surface area contributed by atoms with E-state index in [4.69, 9.17) is 5.21 Å². The normalized spacial score (nSPS) is 45.8. The summed E-state index contributed by atoms with van der Waals surface area (Å²) in [7, 11) is 0. The van der Waals surface area contributed by atoms with Gasteiger partial charge in [0.05, 0.1) is 11.8 Å². The van der Waals surface area contributed by atoms with Gasteiger partial charge in [-0.1, -0.05) is 25.9 Å². The van der Waals surface area contributed by atoms with Gasteiger partial charge in [0, 0.05) is 12.6 Å². The molecule has 102 valence electrons. The minimum atomic E-state index is 0.427. The van der Waals surface area contributed by atoms with Crippen LogP contribution in [0.2, 0.25) is 0 Å². The van der Waals surface area contributed by atoms with E-state index in [1.165, 1.54) is 38.6 Å². The quantitative estimate of drug-likeness (QED) is 0.572. The molecular weight excluding hydrogens is 224 g/mol. The van der Waals surface area contributed by atoms with Crippen LogP contribution in [0.25, 0.3) is 0 Å². The topological polar surface area (TPSA) is 35.8 Å². The maximum atomic E-state index is 9.17. The molecule has 0 spiro atoms. The lowest BCUT2D eigenvalue weighted by Crippen LogP contribution is -2.42. The molecule has 18 heavy (non-hydrogen) atoms. The van der Waals surface area contributed by atoms with Crippen LogP contribution in [0.1, 0.15) is 59.3 Å². The van der Waals surface area contributed by atoms with Crippen LogP contribution in [0.5, 0.6) is 0 Å². The van der Waals surface area contributed by atoms with E-state index in [2.05, 4.69) is 30.8 Å². The summed E-state index contributed by atoms with van der Waals surface area (Å²) in [6, 6.07) is 1.13. The van der Waals surface area contributed by atoms with E-state index in [9.17, 15) is 0 Å². The molecule has 3 rings (SSSR count). The van der Waals surface area contributed by atoms with E-state index in [0.717, 1.165) is 12.1 Å². The second-order valence-corrected chi connectivity index (χ2v) is 7.89. The first-order chi connectivity index (χ1) is 8.42. The largest absolute Gasteiger partial charge is 0.411 e. The molecule has 3 atom stereocenters. The lowest BCUT2D eigenvalue weighted by Gasteiger charge is -2.40. The summed E-state index contributed by atoms with van der Waals surface area (Å²) < 4.78 is 0. The molecular formula is C15H26N2O. The molecule has 1 aliphatic heterocycles. The molecule has 0 unspecified atom stereocenters. The van der Waals surface area contributed by atoms with Crippen molar-refractivity contribution in [2.75, 3.05) is 6.54 Å². The molecule has 0 aromatic rings. The Kier molecular flexibility index (Phi) is 2.74. The van der Waals surface area contributed by atoms with Gasteiger partial charge in [-0.05, 0) is 49.4 Å². The first kappa shape index (κ1) is 12.5. The minimum absolute atomic E-state index is 0.427. The maximum absolute atomic E-state index is 9.17. The number of fused-ring (bicyclic) bond motifs is 2. The number of rotatable bonds is 1. The SMILES string of the molecule is CC1(C)C[C@H]2C[C@@](C)(CN2[C@@H]2CCC/C2=N\O)C1. The molecule has 0 aromatic heterocycles. The molecule has 1 N–H and O–H groups in total. The van der Waals surface area contributed by atoms with Gasteiger partial charge in [-0.3, -0.25) is 4.90 Å². The summed E-state index contributed by atoms with van der Waals surface area (Å²) >= 11 is 0. The molecule has 2 saturated carbocycles. The molecule has 2 bridgehead atoms. The van der Waals surface area contributed by atoms with Crippen molar-refractivity contribution < 1.29 is 5.21 Å². The van der Waals surface area contributed by atoms with Crippen molar-refractivity contribution in [3.63, 3.8) is 0 Å². The highest BCUT2D eigenvalue weighted by molar-refractivity contribution is 5.91. The van der Waals surface area contributed by atoms with E-state index in [-0.39, 0.29) is 0 Å². The van der Waals surface area contributed by atoms with Gasteiger partial charge in [0.15, 0.2) is 0 Å². The third-order valence-electron chi connectivity index (χ3n) is 5.28. The van der Waals surface area contributed by atoms with Crippen LogP contribution >= 0.6 is 0 Å². The number of likely N-dealkylation sites (tertiary alicyclic amines) is 1. The van der Waals surface area contributed by atoms with Crippen molar-refractivity contribution >= 4 is 5.71 Å². The zero-order valence-corrected chi connectivity index (χ0v) is 11.9. The van der Waals surface area contributed by atoms with Crippen molar-refractivity contribution in [3.8, 4) is 0 Å². The molecule has 3 aliphatic rings. The van der Waals surface area contributed by atoms with Crippen molar-refractivity contribution in [1.82, 2.24) is 4.90 Å². The Hall–Kier alpha value is -0.570. The standard InChI is InChI=1S/C15H26N2O/c1-14(2)7-11-8-15(3,9-14)10-17(11)13-6-4-5-12(13)16-18/h11,13,18H,4-10H2,1-3H3/b16-12+/t11-,13+,15+/m0/s1. The number of hydrogen-bond acceptors (Lipinski definition) is 3. The van der Waals surface area contributed by atoms with E-state index in [1.54, 1.807) is 0 Å². The Morgan fingerprint density at radius 2 is 2.06 bits per heavy atom. The molecule has 2 aliphatic carbocycles. The van der Waals surface area contributed by atoms with Gasteiger partial charge in [0.25, 0.3) is 0 Å². The van der Waals surface area contributed by atoms with Gasteiger partial charge in [-0.25, -0.2) is 0 Å². The highest BCUT2D eigenvalue weighted by Crippen LogP contribution is 2.53. The smallest absolute Gasteiger partial charge is 0.0742 e. The Labute approximate surface area is 110 Å². The predicted molar refractivity (Wildman–Crippen MR) is 73.1 cm³/mol. The Balaban J connectivity index is 1.84. The average molecular weight is 250 g/mol. The summed E-state index contributed by atoms with van der Waals surface area (Å²) in [4.78, 5) is 2.66. The third-order valence-corrected chi connectivity index (χ3v) is 5.28. The Morgan fingerprint density at radius 3 is 2.78 bits per heavy atom. The fourth-order valence-electron chi connectivity index (χ4n) is 5.15. The predicted octanol–water partition coefficient (Wildman–Crippen LogP) is 3.27. The van der Waals surface area contributed by atoms with Crippen LogP contribution in [0.3, 0.4) is 0 Å². The third kappa shape index (κ3) is 1.97. The van der Waals surface area contributed by atoms with E-state index >= 15 is 0 Å². The van der Waals surface area contributed by atoms with Crippen molar-refractivity contribution in [1.29, 1.82) is 0 Å². The van der Waals surface area contributed by atoms with Gasteiger partial charge < -0.3 is 5.21 Å². The summed E-state index contributed by atoms with van der Waals surface area (Å²) in [5.74, 6) is 0. The number of hydrogen-bond donors (Lipinski definition) is 1. The summed E-state index contributed by atoms with van der Waals surface area (Å²) in [5.41, 5.74) is 1.99. The van der Waals surface area contributed by atoms with Crippen LogP contribution in [0.15, 0.2) is 5.16 Å². The van der Waals surface area contributed by atoms with Gasteiger partial charge in [0.1, 0.15) is 0 Å². The zero-order chi connectivity index (χ0) is 13.0. The summed E-state index contributed by atoms with van der Waals surface area (Å²) in [6.07, 6.45) is 7.35. The molecule has 0 amide bonds. The fraction of sp³-hybridized carbons (Fsp3) is 0.933. The highest BCUT2D eigenvalue weighted by atomic mass is 16.4. The lowest BCUT2D eigenvalue weighted by molar-refractivity contribution is 0.124. The van der Waals surface area contributed by atoms with Gasteiger partial charge >= 0.3 is 0 Å². The Bertz CT molecular complexity index is 377. The molecule has 3 nitrogen and oxygen atoms in total. The molecule has 1 saturated heterocycles. The number of nitrogens with zero attached hydrogens (tertiary/aromatic N) is 2. The summed E-state index contributed by atoms with van der Waals surface area (Å²) in [5, 5.41) is 12.7. The van der Waals surface area contributed by atoms with Crippen LogP contribution in [-0.4, -0.2) is 34.4 Å². The molecule has 1 heterocycles.